The molecule has 4 heteroatoms. The van der Waals surface area contributed by atoms with Crippen molar-refractivity contribution in [3.63, 3.8) is 0 Å². The molecular weight excluding hydrogens is 339 g/mol. The predicted molar refractivity (Wildman–Crippen MR) is 102 cm³/mol. The van der Waals surface area contributed by atoms with E-state index in [1.165, 1.54) is 41.8 Å². The first-order valence-corrected chi connectivity index (χ1v) is 9.58. The molecule has 0 unspecified atom stereocenters. The Kier molecular flexibility index (Phi) is 3.55. The number of rotatable bonds is 1. The Morgan fingerprint density at radius 2 is 1.96 bits per heavy atom. The first kappa shape index (κ1) is 15.1. The third-order valence-electron chi connectivity index (χ3n) is 5.85. The fraction of sp³-hybridized carbons (Fsp3) is 0.400. The van der Waals surface area contributed by atoms with Crippen molar-refractivity contribution in [2.45, 2.75) is 31.2 Å². The third kappa shape index (κ3) is 2.13. The van der Waals surface area contributed by atoms with Gasteiger partial charge in [0.2, 0.25) is 0 Å². The maximum atomic E-state index is 6.48. The molecule has 3 heterocycles. The van der Waals surface area contributed by atoms with Crippen molar-refractivity contribution in [1.82, 2.24) is 5.32 Å². The second-order valence-electron chi connectivity index (χ2n) is 7.13. The fourth-order valence-corrected chi connectivity index (χ4v) is 5.49. The van der Waals surface area contributed by atoms with Crippen LogP contribution in [0.15, 0.2) is 30.3 Å². The predicted octanol–water partition coefficient (Wildman–Crippen LogP) is 4.87. The molecular formula is C20H20Cl2N2. The van der Waals surface area contributed by atoms with E-state index in [-0.39, 0.29) is 0 Å². The van der Waals surface area contributed by atoms with Gasteiger partial charge < -0.3 is 10.2 Å². The number of hydrogen-bond acceptors (Lipinski definition) is 2. The molecule has 1 fully saturated rings. The van der Waals surface area contributed by atoms with Gasteiger partial charge in [0.25, 0.3) is 0 Å². The number of nitrogens with one attached hydrogen (secondary N) is 1. The van der Waals surface area contributed by atoms with E-state index in [9.17, 15) is 0 Å². The number of nitrogens with zero attached hydrogens (tertiary/aromatic N) is 1. The van der Waals surface area contributed by atoms with Crippen LogP contribution in [0.5, 0.6) is 0 Å². The van der Waals surface area contributed by atoms with Gasteiger partial charge in [-0.3, -0.25) is 0 Å². The van der Waals surface area contributed by atoms with E-state index in [2.05, 4.69) is 22.3 Å². The van der Waals surface area contributed by atoms with Crippen LogP contribution in [0.25, 0.3) is 11.1 Å². The number of fused-ring (bicyclic) bond motifs is 3. The summed E-state index contributed by atoms with van der Waals surface area (Å²) in [6.07, 6.45) is 3.63. The van der Waals surface area contributed by atoms with Crippen LogP contribution in [0.1, 0.15) is 29.9 Å². The number of halogens is 2. The van der Waals surface area contributed by atoms with E-state index in [0.29, 0.717) is 12.0 Å². The summed E-state index contributed by atoms with van der Waals surface area (Å²) in [5.74, 6) is 0.590. The zero-order valence-electron chi connectivity index (χ0n) is 13.5. The van der Waals surface area contributed by atoms with Crippen LogP contribution in [0.2, 0.25) is 10.0 Å². The summed E-state index contributed by atoms with van der Waals surface area (Å²) < 4.78 is 0. The summed E-state index contributed by atoms with van der Waals surface area (Å²) in [6.45, 7) is 3.41. The number of aryl methyl sites for hydroxylation is 1. The lowest BCUT2D eigenvalue weighted by Crippen LogP contribution is -2.45. The number of hydrogen-bond donors (Lipinski definition) is 1. The molecule has 2 aromatic carbocycles. The quantitative estimate of drug-likeness (QED) is 0.781. The third-order valence-corrected chi connectivity index (χ3v) is 6.48. The lowest BCUT2D eigenvalue weighted by atomic mass is 9.87. The van der Waals surface area contributed by atoms with Gasteiger partial charge in [0, 0.05) is 46.3 Å². The minimum absolute atomic E-state index is 0.590. The minimum atomic E-state index is 0.590. The molecule has 0 bridgehead atoms. The van der Waals surface area contributed by atoms with Gasteiger partial charge in [-0.2, -0.15) is 0 Å². The summed E-state index contributed by atoms with van der Waals surface area (Å²) in [4.78, 5) is 2.68. The summed E-state index contributed by atoms with van der Waals surface area (Å²) in [5.41, 5.74) is 6.62. The molecule has 1 saturated heterocycles. The Labute approximate surface area is 152 Å². The van der Waals surface area contributed by atoms with Crippen LogP contribution < -0.4 is 10.2 Å². The molecule has 124 valence electrons. The fourth-order valence-electron chi connectivity index (χ4n) is 4.88. The molecule has 2 aromatic rings. The van der Waals surface area contributed by atoms with Crippen molar-refractivity contribution in [2.75, 3.05) is 24.5 Å². The lowest BCUT2D eigenvalue weighted by molar-refractivity contribution is 0.400. The van der Waals surface area contributed by atoms with Crippen molar-refractivity contribution in [1.29, 1.82) is 0 Å². The smallest absolute Gasteiger partial charge is 0.0499 e. The van der Waals surface area contributed by atoms with E-state index >= 15 is 0 Å². The average molecular weight is 359 g/mol. The highest BCUT2D eigenvalue weighted by Gasteiger charge is 2.42. The SMILES string of the molecule is Clc1cccc(Cl)c1-c1cc2c3c(c1)[C@@H]1CNCC[C@@H]1N3CCC2. The highest BCUT2D eigenvalue weighted by molar-refractivity contribution is 6.39. The van der Waals surface area contributed by atoms with Gasteiger partial charge in [0.1, 0.15) is 0 Å². The highest BCUT2D eigenvalue weighted by Crippen LogP contribution is 2.50. The maximum Gasteiger partial charge on any atom is 0.0499 e. The zero-order chi connectivity index (χ0) is 16.3. The number of anilines is 1. The van der Waals surface area contributed by atoms with E-state index in [4.69, 9.17) is 23.2 Å². The van der Waals surface area contributed by atoms with E-state index in [1.54, 1.807) is 0 Å². The molecule has 3 aliphatic rings. The topological polar surface area (TPSA) is 15.3 Å². The van der Waals surface area contributed by atoms with E-state index in [1.807, 2.05) is 18.2 Å². The van der Waals surface area contributed by atoms with Crippen LogP contribution in [0.3, 0.4) is 0 Å². The molecule has 0 spiro atoms. The monoisotopic (exact) mass is 358 g/mol. The summed E-state index contributed by atoms with van der Waals surface area (Å²) in [7, 11) is 0. The Morgan fingerprint density at radius 1 is 1.12 bits per heavy atom. The lowest BCUT2D eigenvalue weighted by Gasteiger charge is -2.36. The minimum Gasteiger partial charge on any atom is -0.367 e. The molecule has 0 amide bonds. The highest BCUT2D eigenvalue weighted by atomic mass is 35.5. The van der Waals surface area contributed by atoms with Crippen LogP contribution in [0, 0.1) is 0 Å². The van der Waals surface area contributed by atoms with Crippen molar-refractivity contribution in [3.8, 4) is 11.1 Å². The van der Waals surface area contributed by atoms with Crippen LogP contribution in [-0.2, 0) is 6.42 Å². The summed E-state index contributed by atoms with van der Waals surface area (Å²) in [6, 6.07) is 11.1. The van der Waals surface area contributed by atoms with Crippen LogP contribution >= 0.6 is 23.2 Å². The zero-order valence-corrected chi connectivity index (χ0v) is 15.0. The molecule has 0 aliphatic carbocycles. The van der Waals surface area contributed by atoms with Gasteiger partial charge in [-0.1, -0.05) is 29.3 Å². The normalized spacial score (nSPS) is 24.7. The Morgan fingerprint density at radius 3 is 2.79 bits per heavy atom. The molecule has 3 aliphatic heterocycles. The molecule has 0 saturated carbocycles. The Bertz CT molecular complexity index is 797. The second kappa shape index (κ2) is 5.66. The average Bonchev–Trinajstić information content (AvgIpc) is 2.91. The molecule has 2 atom stereocenters. The van der Waals surface area contributed by atoms with Gasteiger partial charge >= 0.3 is 0 Å². The molecule has 2 nitrogen and oxygen atoms in total. The van der Waals surface area contributed by atoms with Gasteiger partial charge in [0.05, 0.1) is 0 Å². The summed E-state index contributed by atoms with van der Waals surface area (Å²) >= 11 is 13.0. The van der Waals surface area contributed by atoms with E-state index in [0.717, 1.165) is 35.1 Å². The Balaban J connectivity index is 1.72. The van der Waals surface area contributed by atoms with Crippen molar-refractivity contribution >= 4 is 28.9 Å². The maximum absolute atomic E-state index is 6.48. The van der Waals surface area contributed by atoms with E-state index < -0.39 is 0 Å². The van der Waals surface area contributed by atoms with Crippen molar-refractivity contribution in [2.24, 2.45) is 0 Å². The van der Waals surface area contributed by atoms with Crippen LogP contribution in [0.4, 0.5) is 5.69 Å². The first-order valence-electron chi connectivity index (χ1n) is 8.82. The number of benzene rings is 2. The van der Waals surface area contributed by atoms with Gasteiger partial charge in [-0.15, -0.1) is 0 Å². The first-order chi connectivity index (χ1) is 11.7. The number of piperidine rings is 1. The van der Waals surface area contributed by atoms with Gasteiger partial charge in [-0.25, -0.2) is 0 Å². The molecule has 0 aromatic heterocycles. The Hall–Kier alpha value is -1.22. The molecule has 5 rings (SSSR count). The van der Waals surface area contributed by atoms with Gasteiger partial charge in [0.15, 0.2) is 0 Å². The van der Waals surface area contributed by atoms with Gasteiger partial charge in [-0.05, 0) is 66.8 Å². The van der Waals surface area contributed by atoms with Crippen molar-refractivity contribution in [3.05, 3.63) is 51.5 Å². The molecule has 1 N–H and O–H groups in total. The van der Waals surface area contributed by atoms with Crippen LogP contribution in [-0.4, -0.2) is 25.7 Å². The molecule has 24 heavy (non-hydrogen) atoms. The van der Waals surface area contributed by atoms with Crippen molar-refractivity contribution < 1.29 is 0 Å². The second-order valence-corrected chi connectivity index (χ2v) is 7.95. The largest absolute Gasteiger partial charge is 0.367 e. The molecule has 0 radical (unpaired) electrons. The summed E-state index contributed by atoms with van der Waals surface area (Å²) in [5, 5.41) is 5.05. The standard InChI is InChI=1S/C20H20Cl2N2/c21-16-4-1-5-17(22)19(16)13-9-12-3-2-8-24-18-6-7-23-11-15(18)14(10-13)20(12)24/h1,4-5,9-10,15,18,23H,2-3,6-8,11H2/t15-,18-/m0/s1.